The minimum absolute atomic E-state index is 0.0764. The van der Waals surface area contributed by atoms with Crippen LogP contribution < -0.4 is 5.32 Å². The molecule has 0 aromatic carbocycles. The first-order valence-electron chi connectivity index (χ1n) is 6.87. The Balaban J connectivity index is 2.35. The monoisotopic (exact) mass is 256 g/mol. The van der Waals surface area contributed by atoms with Gasteiger partial charge in [0, 0.05) is 26.2 Å². The summed E-state index contributed by atoms with van der Waals surface area (Å²) in [5, 5.41) is 2.67. The molecule has 5 nitrogen and oxygen atoms in total. The van der Waals surface area contributed by atoms with E-state index in [0.29, 0.717) is 19.6 Å². The average Bonchev–Trinajstić information content (AvgIpc) is 2.88. The van der Waals surface area contributed by atoms with Crippen LogP contribution in [0.2, 0.25) is 0 Å². The van der Waals surface area contributed by atoms with E-state index in [2.05, 4.69) is 5.32 Å². The van der Waals surface area contributed by atoms with Crippen molar-refractivity contribution in [1.82, 2.24) is 10.2 Å². The Bertz CT molecular complexity index is 269. The van der Waals surface area contributed by atoms with Gasteiger partial charge in [0.2, 0.25) is 0 Å². The first-order valence-corrected chi connectivity index (χ1v) is 6.87. The number of carbonyl (C=O) groups excluding carboxylic acids is 2. The van der Waals surface area contributed by atoms with Gasteiger partial charge in [0.1, 0.15) is 0 Å². The van der Waals surface area contributed by atoms with Crippen molar-refractivity contribution in [3.8, 4) is 0 Å². The molecular formula is C13H24N2O3. The summed E-state index contributed by atoms with van der Waals surface area (Å²) in [5.74, 6) is -0.927. The normalized spacial score (nSPS) is 18.7. The zero-order valence-corrected chi connectivity index (χ0v) is 11.4. The van der Waals surface area contributed by atoms with Gasteiger partial charge in [0.05, 0.1) is 6.10 Å². The highest BCUT2D eigenvalue weighted by Crippen LogP contribution is 2.10. The lowest BCUT2D eigenvalue weighted by atomic mass is 10.2. The van der Waals surface area contributed by atoms with E-state index >= 15 is 0 Å². The van der Waals surface area contributed by atoms with Crippen LogP contribution in [0.3, 0.4) is 0 Å². The third-order valence-electron chi connectivity index (χ3n) is 2.98. The molecule has 1 atom stereocenters. The topological polar surface area (TPSA) is 58.6 Å². The van der Waals surface area contributed by atoms with Gasteiger partial charge >= 0.3 is 11.8 Å². The molecule has 1 rings (SSSR count). The van der Waals surface area contributed by atoms with Crippen LogP contribution in [-0.4, -0.2) is 49.1 Å². The fraction of sp³-hybridized carbons (Fsp3) is 0.846. The minimum Gasteiger partial charge on any atom is -0.376 e. The summed E-state index contributed by atoms with van der Waals surface area (Å²) in [6, 6.07) is 0. The van der Waals surface area contributed by atoms with E-state index in [1.54, 1.807) is 4.90 Å². The zero-order valence-electron chi connectivity index (χ0n) is 11.4. The lowest BCUT2D eigenvalue weighted by Gasteiger charge is -2.21. The molecule has 1 saturated heterocycles. The van der Waals surface area contributed by atoms with Crippen molar-refractivity contribution in [3.63, 3.8) is 0 Å². The second-order valence-electron chi connectivity index (χ2n) is 4.64. The Hall–Kier alpha value is -1.10. The van der Waals surface area contributed by atoms with Crippen LogP contribution >= 0.6 is 0 Å². The van der Waals surface area contributed by atoms with E-state index in [-0.39, 0.29) is 6.10 Å². The van der Waals surface area contributed by atoms with Gasteiger partial charge in [-0.2, -0.15) is 0 Å². The van der Waals surface area contributed by atoms with Crippen molar-refractivity contribution in [2.24, 2.45) is 0 Å². The highest BCUT2D eigenvalue weighted by molar-refractivity contribution is 6.35. The van der Waals surface area contributed by atoms with Gasteiger partial charge in [-0.15, -0.1) is 0 Å². The van der Waals surface area contributed by atoms with Crippen LogP contribution in [0.15, 0.2) is 0 Å². The van der Waals surface area contributed by atoms with Crippen molar-refractivity contribution < 1.29 is 14.3 Å². The largest absolute Gasteiger partial charge is 0.376 e. The second-order valence-corrected chi connectivity index (χ2v) is 4.64. The Labute approximate surface area is 109 Å². The predicted molar refractivity (Wildman–Crippen MR) is 69.1 cm³/mol. The molecule has 0 spiro atoms. The molecular weight excluding hydrogens is 232 g/mol. The van der Waals surface area contributed by atoms with Gasteiger partial charge in [-0.05, 0) is 25.7 Å². The third-order valence-corrected chi connectivity index (χ3v) is 2.98. The number of carbonyl (C=O) groups is 2. The lowest BCUT2D eigenvalue weighted by molar-refractivity contribution is -0.146. The Morgan fingerprint density at radius 2 is 1.94 bits per heavy atom. The van der Waals surface area contributed by atoms with Gasteiger partial charge in [-0.25, -0.2) is 0 Å². The van der Waals surface area contributed by atoms with Crippen LogP contribution in [-0.2, 0) is 14.3 Å². The molecule has 1 N–H and O–H groups in total. The molecule has 0 aromatic heterocycles. The number of amides is 2. The van der Waals surface area contributed by atoms with Crippen molar-refractivity contribution in [1.29, 1.82) is 0 Å². The maximum Gasteiger partial charge on any atom is 0.311 e. The summed E-state index contributed by atoms with van der Waals surface area (Å²) in [5.41, 5.74) is 0. The van der Waals surface area contributed by atoms with Crippen LogP contribution in [0.5, 0.6) is 0 Å². The SMILES string of the molecule is CCCN(CCC)C(=O)C(=O)NCC1CCCO1. The van der Waals surface area contributed by atoms with Gasteiger partial charge in [0.25, 0.3) is 0 Å². The quantitative estimate of drug-likeness (QED) is 0.719. The minimum atomic E-state index is -0.507. The molecule has 1 heterocycles. The fourth-order valence-corrected chi connectivity index (χ4v) is 2.09. The molecule has 104 valence electrons. The van der Waals surface area contributed by atoms with Crippen molar-refractivity contribution in [3.05, 3.63) is 0 Å². The number of hydrogen-bond donors (Lipinski definition) is 1. The Morgan fingerprint density at radius 3 is 2.44 bits per heavy atom. The van der Waals surface area contributed by atoms with E-state index in [1.165, 1.54) is 0 Å². The summed E-state index contributed by atoms with van der Waals surface area (Å²) in [6.07, 6.45) is 3.80. The highest BCUT2D eigenvalue weighted by Gasteiger charge is 2.22. The van der Waals surface area contributed by atoms with E-state index in [4.69, 9.17) is 4.74 Å². The van der Waals surface area contributed by atoms with Crippen LogP contribution in [0.25, 0.3) is 0 Å². The summed E-state index contributed by atoms with van der Waals surface area (Å²) >= 11 is 0. The number of hydrogen-bond acceptors (Lipinski definition) is 3. The number of rotatable bonds is 6. The molecule has 0 aliphatic carbocycles. The van der Waals surface area contributed by atoms with Gasteiger partial charge < -0.3 is 15.0 Å². The fourth-order valence-electron chi connectivity index (χ4n) is 2.09. The number of nitrogens with one attached hydrogen (secondary N) is 1. The van der Waals surface area contributed by atoms with E-state index in [1.807, 2.05) is 13.8 Å². The maximum atomic E-state index is 11.9. The van der Waals surface area contributed by atoms with Crippen LogP contribution in [0.1, 0.15) is 39.5 Å². The maximum absolute atomic E-state index is 11.9. The van der Waals surface area contributed by atoms with E-state index < -0.39 is 11.8 Å². The molecule has 0 aromatic rings. The van der Waals surface area contributed by atoms with Crippen molar-refractivity contribution >= 4 is 11.8 Å². The molecule has 1 aliphatic rings. The smallest absolute Gasteiger partial charge is 0.311 e. The standard InChI is InChI=1S/C13H24N2O3/c1-3-7-15(8-4-2)13(17)12(16)14-10-11-6-5-9-18-11/h11H,3-10H2,1-2H3,(H,14,16). The second kappa shape index (κ2) is 8.08. The molecule has 5 heteroatoms. The number of ether oxygens (including phenoxy) is 1. The Morgan fingerprint density at radius 1 is 1.28 bits per heavy atom. The highest BCUT2D eigenvalue weighted by atomic mass is 16.5. The molecule has 0 radical (unpaired) electrons. The van der Waals surface area contributed by atoms with Gasteiger partial charge in [0.15, 0.2) is 0 Å². The molecule has 2 amide bonds. The lowest BCUT2D eigenvalue weighted by Crippen LogP contribution is -2.45. The zero-order chi connectivity index (χ0) is 13.4. The number of nitrogens with zero attached hydrogens (tertiary/aromatic N) is 1. The van der Waals surface area contributed by atoms with Gasteiger partial charge in [-0.3, -0.25) is 9.59 Å². The van der Waals surface area contributed by atoms with Crippen LogP contribution in [0, 0.1) is 0 Å². The molecule has 1 aliphatic heterocycles. The van der Waals surface area contributed by atoms with Gasteiger partial charge in [-0.1, -0.05) is 13.8 Å². The molecule has 1 fully saturated rings. The Kier molecular flexibility index (Phi) is 6.72. The molecule has 0 bridgehead atoms. The van der Waals surface area contributed by atoms with E-state index in [0.717, 1.165) is 32.3 Å². The third kappa shape index (κ3) is 4.64. The first-order chi connectivity index (χ1) is 8.69. The summed E-state index contributed by atoms with van der Waals surface area (Å²) in [4.78, 5) is 25.2. The molecule has 0 saturated carbocycles. The average molecular weight is 256 g/mol. The van der Waals surface area contributed by atoms with Crippen molar-refractivity contribution in [2.45, 2.75) is 45.6 Å². The summed E-state index contributed by atoms with van der Waals surface area (Å²) in [6.45, 7) is 6.48. The summed E-state index contributed by atoms with van der Waals surface area (Å²) < 4.78 is 5.40. The van der Waals surface area contributed by atoms with Crippen LogP contribution in [0.4, 0.5) is 0 Å². The van der Waals surface area contributed by atoms with Crippen molar-refractivity contribution in [2.75, 3.05) is 26.2 Å². The predicted octanol–water partition coefficient (Wildman–Crippen LogP) is 0.930. The molecule has 18 heavy (non-hydrogen) atoms. The first kappa shape index (κ1) is 15.0. The van der Waals surface area contributed by atoms with E-state index in [9.17, 15) is 9.59 Å². The summed E-state index contributed by atoms with van der Waals surface area (Å²) in [7, 11) is 0. The molecule has 1 unspecified atom stereocenters.